The number of aromatic nitrogens is 5. The Balaban J connectivity index is 1.20. The number of nitrogens with zero attached hydrogens (tertiary/aromatic N) is 5. The Morgan fingerprint density at radius 2 is 1.00 bits per heavy atom. The second-order valence-electron chi connectivity index (χ2n) is 15.6. The molecule has 0 unspecified atom stereocenters. The standard InChI is InChI=1S/C48H53N5S2/c1-5-7-9-11-13-15-23-48(24-16-14-12-10-8-6-2)37-29-32(3)53-31-36(37)35-19-18-34(30-38(35)48)39-21-22-41(55-39)43-46-44(49-25-27-51-46)42(40-20-17-33(4)54-40)45-47(43)52-28-26-50-45/h17-22,25-31H,5-16,23-24H2,1-4H3. The van der Waals surface area contributed by atoms with Gasteiger partial charge in [0.1, 0.15) is 22.1 Å². The molecule has 0 amide bonds. The van der Waals surface area contributed by atoms with E-state index in [1.807, 2.05) is 11.3 Å². The summed E-state index contributed by atoms with van der Waals surface area (Å²) >= 11 is 3.58. The van der Waals surface area contributed by atoms with Crippen LogP contribution in [0.4, 0.5) is 0 Å². The number of thiophene rings is 2. The van der Waals surface area contributed by atoms with Gasteiger partial charge in [0.2, 0.25) is 0 Å². The average molecular weight is 764 g/mol. The van der Waals surface area contributed by atoms with Gasteiger partial charge in [0, 0.05) is 78.3 Å². The minimum atomic E-state index is 0.0114. The van der Waals surface area contributed by atoms with Gasteiger partial charge >= 0.3 is 0 Å². The Labute approximate surface area is 334 Å². The molecule has 7 aromatic rings. The first-order chi connectivity index (χ1) is 27.0. The van der Waals surface area contributed by atoms with Crippen molar-refractivity contribution in [2.24, 2.45) is 0 Å². The van der Waals surface area contributed by atoms with Crippen molar-refractivity contribution in [3.05, 3.63) is 101 Å². The fourth-order valence-electron chi connectivity index (χ4n) is 9.02. The first-order valence-electron chi connectivity index (χ1n) is 20.7. The normalized spacial score (nSPS) is 13.2. The number of unbranched alkanes of at least 4 members (excludes halogenated alkanes) is 10. The lowest BCUT2D eigenvalue weighted by atomic mass is 9.70. The fourth-order valence-corrected chi connectivity index (χ4v) is 11.0. The van der Waals surface area contributed by atoms with Gasteiger partial charge in [0.05, 0.1) is 0 Å². The summed E-state index contributed by atoms with van der Waals surface area (Å²) in [6, 6.07) is 18.6. The highest BCUT2D eigenvalue weighted by Gasteiger charge is 2.43. The SMILES string of the molecule is CCCCCCCCC1(CCCCCCCC)c2cc(-c3ccc(-c4c5nccnc5c(-c5ccc(C)s5)c5nccnc45)s3)ccc2-c2cnc(C)cc21. The number of benzene rings is 2. The number of hydrogen-bond acceptors (Lipinski definition) is 7. The maximum atomic E-state index is 4.96. The lowest BCUT2D eigenvalue weighted by Crippen LogP contribution is -2.26. The second kappa shape index (κ2) is 16.8. The highest BCUT2D eigenvalue weighted by molar-refractivity contribution is 7.19. The van der Waals surface area contributed by atoms with Crippen LogP contribution in [-0.4, -0.2) is 24.9 Å². The summed E-state index contributed by atoms with van der Waals surface area (Å²) in [5.74, 6) is 0. The highest BCUT2D eigenvalue weighted by atomic mass is 32.1. The van der Waals surface area contributed by atoms with Crippen molar-refractivity contribution in [3.8, 4) is 42.4 Å². The molecule has 0 bridgehead atoms. The molecule has 5 aromatic heterocycles. The van der Waals surface area contributed by atoms with E-state index in [0.29, 0.717) is 0 Å². The molecule has 7 heteroatoms. The van der Waals surface area contributed by atoms with E-state index >= 15 is 0 Å². The van der Waals surface area contributed by atoms with E-state index in [-0.39, 0.29) is 5.41 Å². The quantitative estimate of drug-likeness (QED) is 0.0682. The summed E-state index contributed by atoms with van der Waals surface area (Å²) in [5, 5.41) is 0. The molecule has 1 aliphatic rings. The molecule has 0 atom stereocenters. The minimum absolute atomic E-state index is 0.0114. The zero-order valence-electron chi connectivity index (χ0n) is 33.0. The predicted molar refractivity (Wildman–Crippen MR) is 234 cm³/mol. The number of pyridine rings is 1. The molecule has 282 valence electrons. The molecule has 2 aromatic carbocycles. The molecule has 0 fully saturated rings. The lowest BCUT2D eigenvalue weighted by molar-refractivity contribution is 0.397. The van der Waals surface area contributed by atoms with E-state index in [1.54, 1.807) is 36.1 Å². The smallest absolute Gasteiger partial charge is 0.100 e. The first kappa shape index (κ1) is 37.6. The summed E-state index contributed by atoms with van der Waals surface area (Å²) in [6.45, 7) is 8.92. The molecule has 5 nitrogen and oxygen atoms in total. The van der Waals surface area contributed by atoms with Crippen LogP contribution in [0.5, 0.6) is 0 Å². The molecule has 0 saturated carbocycles. The van der Waals surface area contributed by atoms with Gasteiger partial charge in [-0.2, -0.15) is 0 Å². The maximum absolute atomic E-state index is 4.96. The molecule has 5 heterocycles. The van der Waals surface area contributed by atoms with E-state index in [1.165, 1.54) is 127 Å². The zero-order valence-corrected chi connectivity index (χ0v) is 34.6. The van der Waals surface area contributed by atoms with E-state index in [9.17, 15) is 0 Å². The van der Waals surface area contributed by atoms with Gasteiger partial charge in [-0.15, -0.1) is 22.7 Å². The van der Waals surface area contributed by atoms with Crippen LogP contribution < -0.4 is 0 Å². The van der Waals surface area contributed by atoms with Crippen LogP contribution in [0.2, 0.25) is 0 Å². The van der Waals surface area contributed by atoms with Crippen molar-refractivity contribution in [3.63, 3.8) is 0 Å². The van der Waals surface area contributed by atoms with E-state index in [2.05, 4.69) is 82.4 Å². The van der Waals surface area contributed by atoms with Crippen LogP contribution in [0.25, 0.3) is 64.5 Å². The number of aryl methyl sites for hydroxylation is 2. The average Bonchev–Trinajstić information content (AvgIpc) is 3.93. The second-order valence-corrected chi connectivity index (χ2v) is 18.0. The Bertz CT molecular complexity index is 2350. The summed E-state index contributed by atoms with van der Waals surface area (Å²) in [6.07, 6.45) is 27.5. The van der Waals surface area contributed by atoms with Crippen LogP contribution >= 0.6 is 22.7 Å². The molecule has 0 radical (unpaired) electrons. The van der Waals surface area contributed by atoms with Crippen LogP contribution in [0.3, 0.4) is 0 Å². The van der Waals surface area contributed by atoms with Gasteiger partial charge in [0.25, 0.3) is 0 Å². The topological polar surface area (TPSA) is 64.5 Å². The van der Waals surface area contributed by atoms with Gasteiger partial charge in [-0.1, -0.05) is 103 Å². The summed E-state index contributed by atoms with van der Waals surface area (Å²) in [4.78, 5) is 29.4. The van der Waals surface area contributed by atoms with Crippen molar-refractivity contribution in [2.45, 2.75) is 123 Å². The molecule has 0 N–H and O–H groups in total. The Kier molecular flexibility index (Phi) is 11.5. The van der Waals surface area contributed by atoms with Crippen LogP contribution in [0, 0.1) is 13.8 Å². The van der Waals surface area contributed by atoms with Gasteiger partial charge in [-0.05, 0) is 85.3 Å². The predicted octanol–water partition coefficient (Wildman–Crippen LogP) is 14.5. The van der Waals surface area contributed by atoms with E-state index < -0.39 is 0 Å². The van der Waals surface area contributed by atoms with E-state index in [4.69, 9.17) is 24.9 Å². The fraction of sp³-hybridized carbons (Fsp3) is 0.396. The van der Waals surface area contributed by atoms with Crippen molar-refractivity contribution in [1.82, 2.24) is 24.9 Å². The van der Waals surface area contributed by atoms with Crippen LogP contribution in [-0.2, 0) is 5.41 Å². The minimum Gasteiger partial charge on any atom is -0.261 e. The molecule has 1 aliphatic carbocycles. The first-order valence-corrected chi connectivity index (χ1v) is 22.3. The third kappa shape index (κ3) is 7.38. The zero-order chi connectivity index (χ0) is 37.8. The highest BCUT2D eigenvalue weighted by Crippen LogP contribution is 2.55. The van der Waals surface area contributed by atoms with Crippen molar-refractivity contribution in [1.29, 1.82) is 0 Å². The molecule has 8 rings (SSSR count). The maximum Gasteiger partial charge on any atom is 0.100 e. The summed E-state index contributed by atoms with van der Waals surface area (Å²) in [7, 11) is 0. The molecule has 55 heavy (non-hydrogen) atoms. The molecule has 0 saturated heterocycles. The van der Waals surface area contributed by atoms with Gasteiger partial charge in [0.15, 0.2) is 0 Å². The number of rotatable bonds is 17. The molecular formula is C48H53N5S2. The monoisotopic (exact) mass is 763 g/mol. The Morgan fingerprint density at radius 1 is 0.491 bits per heavy atom. The van der Waals surface area contributed by atoms with Gasteiger partial charge < -0.3 is 0 Å². The summed E-state index contributed by atoms with van der Waals surface area (Å²) < 4.78 is 0. The lowest BCUT2D eigenvalue weighted by Gasteiger charge is -2.33. The molecule has 0 aliphatic heterocycles. The summed E-state index contributed by atoms with van der Waals surface area (Å²) in [5.41, 5.74) is 13.6. The van der Waals surface area contributed by atoms with Gasteiger partial charge in [-0.25, -0.2) is 0 Å². The van der Waals surface area contributed by atoms with Crippen molar-refractivity contribution >= 4 is 44.7 Å². The van der Waals surface area contributed by atoms with Gasteiger partial charge in [-0.3, -0.25) is 24.9 Å². The Hall–Kier alpha value is -4.33. The Morgan fingerprint density at radius 3 is 1.56 bits per heavy atom. The largest absolute Gasteiger partial charge is 0.261 e. The molecular weight excluding hydrogens is 711 g/mol. The van der Waals surface area contributed by atoms with Crippen molar-refractivity contribution < 1.29 is 0 Å². The van der Waals surface area contributed by atoms with Crippen molar-refractivity contribution in [2.75, 3.05) is 0 Å². The van der Waals surface area contributed by atoms with E-state index in [0.717, 1.165) is 48.6 Å². The number of fused-ring (bicyclic) bond motifs is 5. The number of hydrogen-bond donors (Lipinski definition) is 0. The third-order valence-electron chi connectivity index (χ3n) is 11.8. The molecule has 0 spiro atoms. The third-order valence-corrected chi connectivity index (χ3v) is 13.9. The van der Waals surface area contributed by atoms with Crippen LogP contribution in [0.15, 0.2) is 79.5 Å². The van der Waals surface area contributed by atoms with Crippen LogP contribution in [0.1, 0.15) is 125 Å².